The third kappa shape index (κ3) is 3.88. The van der Waals surface area contributed by atoms with Crippen LogP contribution in [-0.4, -0.2) is 29.4 Å². The lowest BCUT2D eigenvalue weighted by atomic mass is 10.1. The van der Waals surface area contributed by atoms with Crippen LogP contribution in [0.3, 0.4) is 0 Å². The molecule has 0 saturated heterocycles. The number of aryl methyl sites for hydroxylation is 2. The topological polar surface area (TPSA) is 90.9 Å². The van der Waals surface area contributed by atoms with Gasteiger partial charge in [0, 0.05) is 5.56 Å². The Morgan fingerprint density at radius 3 is 2.35 bits per heavy atom. The first-order valence-corrected chi connectivity index (χ1v) is 8.06. The second-order valence-electron chi connectivity index (χ2n) is 5.22. The largest absolute Gasteiger partial charge is 0.408 e. The molecule has 0 aliphatic rings. The number of hydrogen-bond donors (Lipinski definition) is 1. The summed E-state index contributed by atoms with van der Waals surface area (Å²) in [6, 6.07) is 2.77. The Labute approximate surface area is 131 Å². The Morgan fingerprint density at radius 2 is 1.83 bits per heavy atom. The Bertz CT molecular complexity index is 857. The average molecular weight is 348 g/mol. The average Bonchev–Trinajstić information content (AvgIpc) is 2.69. The Kier molecular flexibility index (Phi) is 4.24. The standard InChI is InChI=1S/C13H15F3N4O2S/c1-7-4-10(5-11(8(7)2)23(17,21)22)12-18-9(3)19-20(12)6-13(14,15)16/h4-5H,6H2,1-3H3,(H2,17,21,22). The zero-order valence-electron chi connectivity index (χ0n) is 12.6. The van der Waals surface area contributed by atoms with E-state index < -0.39 is 22.7 Å². The van der Waals surface area contributed by atoms with Gasteiger partial charge in [-0.3, -0.25) is 0 Å². The molecule has 6 nitrogen and oxygen atoms in total. The molecule has 1 aromatic carbocycles. The van der Waals surface area contributed by atoms with Crippen LogP contribution >= 0.6 is 0 Å². The molecule has 2 rings (SSSR count). The fourth-order valence-electron chi connectivity index (χ4n) is 2.20. The van der Waals surface area contributed by atoms with Crippen molar-refractivity contribution in [3.8, 4) is 11.4 Å². The number of benzene rings is 1. The highest BCUT2D eigenvalue weighted by Gasteiger charge is 2.30. The molecule has 2 aromatic rings. The second-order valence-corrected chi connectivity index (χ2v) is 6.75. The number of aromatic nitrogens is 3. The van der Waals surface area contributed by atoms with Crippen molar-refractivity contribution in [2.45, 2.75) is 38.4 Å². The van der Waals surface area contributed by atoms with E-state index in [4.69, 9.17) is 5.14 Å². The number of halogens is 3. The maximum Gasteiger partial charge on any atom is 0.408 e. The van der Waals surface area contributed by atoms with Crippen LogP contribution < -0.4 is 5.14 Å². The van der Waals surface area contributed by atoms with E-state index in [2.05, 4.69) is 10.1 Å². The van der Waals surface area contributed by atoms with Crippen molar-refractivity contribution in [3.05, 3.63) is 29.1 Å². The van der Waals surface area contributed by atoms with Crippen LogP contribution in [0.4, 0.5) is 13.2 Å². The lowest BCUT2D eigenvalue weighted by Crippen LogP contribution is -2.20. The summed E-state index contributed by atoms with van der Waals surface area (Å²) in [6.07, 6.45) is -4.47. The van der Waals surface area contributed by atoms with E-state index in [0.29, 0.717) is 15.8 Å². The third-order valence-electron chi connectivity index (χ3n) is 3.29. The smallest absolute Gasteiger partial charge is 0.236 e. The summed E-state index contributed by atoms with van der Waals surface area (Å²) < 4.78 is 62.0. The SMILES string of the molecule is Cc1nc(-c2cc(C)c(C)c(S(N)(=O)=O)c2)n(CC(F)(F)F)n1. The van der Waals surface area contributed by atoms with Crippen molar-refractivity contribution in [2.24, 2.45) is 5.14 Å². The van der Waals surface area contributed by atoms with Gasteiger partial charge in [0.05, 0.1) is 4.90 Å². The first-order valence-electron chi connectivity index (χ1n) is 6.51. The summed E-state index contributed by atoms with van der Waals surface area (Å²) in [6.45, 7) is 3.36. The van der Waals surface area contributed by atoms with Crippen LogP contribution in [-0.2, 0) is 16.6 Å². The molecule has 0 saturated carbocycles. The summed E-state index contributed by atoms with van der Waals surface area (Å²) >= 11 is 0. The fourth-order valence-corrected chi connectivity index (χ4v) is 3.08. The van der Waals surface area contributed by atoms with Crippen LogP contribution in [0, 0.1) is 20.8 Å². The van der Waals surface area contributed by atoms with Gasteiger partial charge in [-0.2, -0.15) is 18.3 Å². The van der Waals surface area contributed by atoms with Crippen molar-refractivity contribution in [2.75, 3.05) is 0 Å². The molecule has 0 bridgehead atoms. The number of hydrogen-bond acceptors (Lipinski definition) is 4. The highest BCUT2D eigenvalue weighted by molar-refractivity contribution is 7.89. The van der Waals surface area contributed by atoms with Crippen molar-refractivity contribution in [3.63, 3.8) is 0 Å². The van der Waals surface area contributed by atoms with E-state index in [-0.39, 0.29) is 22.1 Å². The van der Waals surface area contributed by atoms with Crippen LogP contribution in [0.1, 0.15) is 17.0 Å². The molecule has 2 N–H and O–H groups in total. The van der Waals surface area contributed by atoms with E-state index in [9.17, 15) is 21.6 Å². The van der Waals surface area contributed by atoms with Crippen LogP contribution in [0.5, 0.6) is 0 Å². The van der Waals surface area contributed by atoms with Crippen LogP contribution in [0.15, 0.2) is 17.0 Å². The Hall–Kier alpha value is -1.94. The third-order valence-corrected chi connectivity index (χ3v) is 4.33. The highest BCUT2D eigenvalue weighted by Crippen LogP contribution is 2.28. The van der Waals surface area contributed by atoms with Gasteiger partial charge in [-0.05, 0) is 44.0 Å². The predicted molar refractivity (Wildman–Crippen MR) is 77.1 cm³/mol. The van der Waals surface area contributed by atoms with Crippen LogP contribution in [0.2, 0.25) is 0 Å². The molecule has 0 radical (unpaired) electrons. The molecule has 0 atom stereocenters. The van der Waals surface area contributed by atoms with Crippen molar-refractivity contribution < 1.29 is 21.6 Å². The molecular weight excluding hydrogens is 333 g/mol. The molecule has 1 heterocycles. The van der Waals surface area contributed by atoms with Gasteiger partial charge in [0.15, 0.2) is 5.82 Å². The summed E-state index contributed by atoms with van der Waals surface area (Å²) in [5, 5.41) is 8.89. The monoisotopic (exact) mass is 348 g/mol. The number of nitrogens with zero attached hydrogens (tertiary/aromatic N) is 3. The normalized spacial score (nSPS) is 12.7. The van der Waals surface area contributed by atoms with Gasteiger partial charge >= 0.3 is 6.18 Å². The van der Waals surface area contributed by atoms with Gasteiger partial charge in [0.2, 0.25) is 10.0 Å². The van der Waals surface area contributed by atoms with Crippen molar-refractivity contribution in [1.29, 1.82) is 0 Å². The molecule has 0 aliphatic heterocycles. The van der Waals surface area contributed by atoms with E-state index in [1.807, 2.05) is 0 Å². The minimum atomic E-state index is -4.47. The number of rotatable bonds is 3. The maximum absolute atomic E-state index is 12.7. The second kappa shape index (κ2) is 5.60. The first-order chi connectivity index (χ1) is 10.4. The molecule has 0 unspecified atom stereocenters. The molecule has 0 spiro atoms. The van der Waals surface area contributed by atoms with Gasteiger partial charge in [0.25, 0.3) is 0 Å². The summed E-state index contributed by atoms with van der Waals surface area (Å²) in [5.74, 6) is 0.0902. The lowest BCUT2D eigenvalue weighted by molar-refractivity contribution is -0.142. The van der Waals surface area contributed by atoms with Crippen molar-refractivity contribution in [1.82, 2.24) is 14.8 Å². The molecule has 0 aliphatic carbocycles. The van der Waals surface area contributed by atoms with Crippen LogP contribution in [0.25, 0.3) is 11.4 Å². The number of sulfonamides is 1. The van der Waals surface area contributed by atoms with Gasteiger partial charge in [0.1, 0.15) is 12.4 Å². The predicted octanol–water partition coefficient (Wildman–Crippen LogP) is 2.08. The van der Waals surface area contributed by atoms with Crippen molar-refractivity contribution >= 4 is 10.0 Å². The number of alkyl halides is 3. The zero-order valence-corrected chi connectivity index (χ0v) is 13.5. The molecule has 0 fully saturated rings. The summed E-state index contributed by atoms with van der Waals surface area (Å²) in [7, 11) is -4.01. The molecule has 1 aromatic heterocycles. The maximum atomic E-state index is 12.7. The van der Waals surface area contributed by atoms with Gasteiger partial charge in [-0.25, -0.2) is 23.2 Å². The summed E-state index contributed by atoms with van der Waals surface area (Å²) in [5.41, 5.74) is 1.22. The first kappa shape index (κ1) is 17.4. The minimum absolute atomic E-state index is 0.0622. The quantitative estimate of drug-likeness (QED) is 0.919. The van der Waals surface area contributed by atoms with E-state index in [0.717, 1.165) is 0 Å². The van der Waals surface area contributed by atoms with E-state index in [1.54, 1.807) is 19.9 Å². The van der Waals surface area contributed by atoms with Gasteiger partial charge in [-0.15, -0.1) is 0 Å². The van der Waals surface area contributed by atoms with Gasteiger partial charge < -0.3 is 0 Å². The molecular formula is C13H15F3N4O2S. The molecule has 23 heavy (non-hydrogen) atoms. The Morgan fingerprint density at radius 1 is 1.22 bits per heavy atom. The number of primary sulfonamides is 1. The number of nitrogens with two attached hydrogens (primary N) is 1. The van der Waals surface area contributed by atoms with Gasteiger partial charge in [-0.1, -0.05) is 0 Å². The lowest BCUT2D eigenvalue weighted by Gasteiger charge is -2.12. The fraction of sp³-hybridized carbons (Fsp3) is 0.385. The Balaban J connectivity index is 2.67. The zero-order chi connectivity index (χ0) is 17.6. The van der Waals surface area contributed by atoms with E-state index >= 15 is 0 Å². The molecule has 0 amide bonds. The van der Waals surface area contributed by atoms with E-state index in [1.165, 1.54) is 13.0 Å². The minimum Gasteiger partial charge on any atom is -0.236 e. The summed E-state index contributed by atoms with van der Waals surface area (Å²) in [4.78, 5) is 3.83. The molecule has 10 heteroatoms. The molecule has 126 valence electrons. The highest BCUT2D eigenvalue weighted by atomic mass is 32.2.